The Hall–Kier alpha value is -2.80. The van der Waals surface area contributed by atoms with Crippen LogP contribution in [0.15, 0.2) is 53.4 Å². The van der Waals surface area contributed by atoms with Crippen LogP contribution in [0.1, 0.15) is 23.2 Å². The lowest BCUT2D eigenvalue weighted by Gasteiger charge is -2.29. The van der Waals surface area contributed by atoms with E-state index in [1.54, 1.807) is 40.9 Å². The molecule has 2 aliphatic rings. The van der Waals surface area contributed by atoms with Gasteiger partial charge in [-0.25, -0.2) is 5.01 Å². The second-order valence-corrected chi connectivity index (χ2v) is 7.22. The van der Waals surface area contributed by atoms with Gasteiger partial charge < -0.3 is 4.90 Å². The molecule has 0 radical (unpaired) electrons. The van der Waals surface area contributed by atoms with E-state index in [2.05, 4.69) is 5.43 Å². The zero-order chi connectivity index (χ0) is 18.1. The molecule has 2 heterocycles. The first-order valence-corrected chi connectivity index (χ1v) is 9.38. The van der Waals surface area contributed by atoms with Crippen molar-refractivity contribution in [2.45, 2.75) is 17.7 Å². The quantitative estimate of drug-likeness (QED) is 0.886. The van der Waals surface area contributed by atoms with Gasteiger partial charge in [-0.15, -0.1) is 11.8 Å². The smallest absolute Gasteiger partial charge is 0.258 e. The molecule has 3 amide bonds. The van der Waals surface area contributed by atoms with Crippen molar-refractivity contribution in [3.63, 3.8) is 0 Å². The van der Waals surface area contributed by atoms with Gasteiger partial charge in [0.1, 0.15) is 0 Å². The molecule has 6 nitrogen and oxygen atoms in total. The number of amides is 3. The van der Waals surface area contributed by atoms with Crippen LogP contribution in [-0.4, -0.2) is 30.0 Å². The van der Waals surface area contributed by atoms with Crippen molar-refractivity contribution in [2.24, 2.45) is 0 Å². The fraction of sp³-hybridized carbons (Fsp3) is 0.211. The summed E-state index contributed by atoms with van der Waals surface area (Å²) in [6.45, 7) is 0.656. The van der Waals surface area contributed by atoms with E-state index < -0.39 is 0 Å². The number of hydrogen-bond donors (Lipinski definition) is 1. The third kappa shape index (κ3) is 3.06. The van der Waals surface area contributed by atoms with Crippen LogP contribution in [0.25, 0.3) is 0 Å². The minimum absolute atomic E-state index is 0.0710. The molecule has 2 aliphatic heterocycles. The Morgan fingerprint density at radius 3 is 2.58 bits per heavy atom. The second-order valence-electron chi connectivity index (χ2n) is 6.08. The summed E-state index contributed by atoms with van der Waals surface area (Å²) in [5.41, 5.74) is 4.58. The summed E-state index contributed by atoms with van der Waals surface area (Å²) in [4.78, 5) is 39.3. The number of nitrogens with one attached hydrogen (secondary N) is 1. The number of carbonyl (C=O) groups is 3. The lowest BCUT2D eigenvalue weighted by Crippen LogP contribution is -2.50. The number of hydrogen-bond acceptors (Lipinski definition) is 4. The highest BCUT2D eigenvalue weighted by Crippen LogP contribution is 2.35. The Labute approximate surface area is 155 Å². The van der Waals surface area contributed by atoms with Gasteiger partial charge in [-0.1, -0.05) is 12.1 Å². The maximum absolute atomic E-state index is 12.9. The number of anilines is 2. The van der Waals surface area contributed by atoms with Gasteiger partial charge in [-0.2, -0.15) is 0 Å². The molecule has 132 valence electrons. The first-order valence-electron chi connectivity index (χ1n) is 8.40. The van der Waals surface area contributed by atoms with E-state index in [9.17, 15) is 14.4 Å². The molecule has 0 aromatic heterocycles. The topological polar surface area (TPSA) is 69.7 Å². The Kier molecular flexibility index (Phi) is 4.38. The maximum atomic E-state index is 12.9. The van der Waals surface area contributed by atoms with Gasteiger partial charge >= 0.3 is 0 Å². The predicted molar refractivity (Wildman–Crippen MR) is 100 cm³/mol. The molecule has 4 rings (SSSR count). The molecule has 1 saturated heterocycles. The standard InChI is InChI=1S/C19H17N3O3S/c23-17-9-10-18(24)22(20-17)14-7-5-13(6-8-14)19(25)21-11-12-26-16-4-2-1-3-15(16)21/h1-8H,9-12H2,(H,20,23). The number of fused-ring (bicyclic) bond motifs is 1. The summed E-state index contributed by atoms with van der Waals surface area (Å²) in [5, 5.41) is 1.24. The highest BCUT2D eigenvalue weighted by atomic mass is 32.2. The minimum Gasteiger partial charge on any atom is -0.306 e. The largest absolute Gasteiger partial charge is 0.306 e. The average Bonchev–Trinajstić information content (AvgIpc) is 2.69. The Morgan fingerprint density at radius 2 is 1.77 bits per heavy atom. The van der Waals surface area contributed by atoms with E-state index in [1.807, 2.05) is 24.3 Å². The number of carbonyl (C=O) groups excluding carboxylic acids is 3. The van der Waals surface area contributed by atoms with E-state index in [0.29, 0.717) is 17.8 Å². The Morgan fingerprint density at radius 1 is 1.00 bits per heavy atom. The van der Waals surface area contributed by atoms with Gasteiger partial charge in [0.2, 0.25) is 11.8 Å². The molecule has 0 bridgehead atoms. The predicted octanol–water partition coefficient (Wildman–Crippen LogP) is 2.60. The number of nitrogens with zero attached hydrogens (tertiary/aromatic N) is 2. The lowest BCUT2D eigenvalue weighted by molar-refractivity contribution is -0.130. The van der Waals surface area contributed by atoms with Crippen LogP contribution in [0.2, 0.25) is 0 Å². The molecular formula is C19H17N3O3S. The Balaban J connectivity index is 1.57. The van der Waals surface area contributed by atoms with Crippen LogP contribution in [0.5, 0.6) is 0 Å². The summed E-state index contributed by atoms with van der Waals surface area (Å²) in [6.07, 6.45) is 0.396. The summed E-state index contributed by atoms with van der Waals surface area (Å²) in [5.74, 6) is 0.436. The first-order chi connectivity index (χ1) is 12.6. The van der Waals surface area contributed by atoms with Crippen molar-refractivity contribution in [1.29, 1.82) is 0 Å². The van der Waals surface area contributed by atoms with Crippen molar-refractivity contribution >= 4 is 40.9 Å². The fourth-order valence-corrected chi connectivity index (χ4v) is 4.07. The molecule has 0 saturated carbocycles. The van der Waals surface area contributed by atoms with Crippen LogP contribution >= 0.6 is 11.8 Å². The molecule has 26 heavy (non-hydrogen) atoms. The molecule has 0 atom stereocenters. The fourth-order valence-electron chi connectivity index (χ4n) is 3.07. The van der Waals surface area contributed by atoms with Crippen LogP contribution in [0, 0.1) is 0 Å². The molecule has 1 N–H and O–H groups in total. The average molecular weight is 367 g/mol. The number of hydrazine groups is 1. The van der Waals surface area contributed by atoms with Gasteiger partial charge in [0.15, 0.2) is 0 Å². The van der Waals surface area contributed by atoms with Crippen LogP contribution in [0.4, 0.5) is 11.4 Å². The summed E-state index contributed by atoms with van der Waals surface area (Å²) >= 11 is 1.75. The van der Waals surface area contributed by atoms with Crippen molar-refractivity contribution in [3.05, 3.63) is 54.1 Å². The van der Waals surface area contributed by atoms with E-state index in [0.717, 1.165) is 16.3 Å². The molecule has 2 aromatic carbocycles. The van der Waals surface area contributed by atoms with E-state index >= 15 is 0 Å². The zero-order valence-electron chi connectivity index (χ0n) is 14.0. The molecule has 0 spiro atoms. The normalized spacial score (nSPS) is 16.9. The van der Waals surface area contributed by atoms with Gasteiger partial charge in [-0.3, -0.25) is 19.8 Å². The minimum atomic E-state index is -0.188. The maximum Gasteiger partial charge on any atom is 0.258 e. The second kappa shape index (κ2) is 6.84. The summed E-state index contributed by atoms with van der Waals surface area (Å²) < 4.78 is 0. The first kappa shape index (κ1) is 16.7. The van der Waals surface area contributed by atoms with Crippen molar-refractivity contribution in [1.82, 2.24) is 5.43 Å². The molecule has 1 fully saturated rings. The molecule has 0 aliphatic carbocycles. The van der Waals surface area contributed by atoms with Gasteiger partial charge in [0.05, 0.1) is 11.4 Å². The van der Waals surface area contributed by atoms with Crippen LogP contribution in [0.3, 0.4) is 0 Å². The highest BCUT2D eigenvalue weighted by molar-refractivity contribution is 7.99. The van der Waals surface area contributed by atoms with Gasteiger partial charge in [0.25, 0.3) is 5.91 Å². The molecule has 7 heteroatoms. The SMILES string of the molecule is O=C1CCC(=O)N(c2ccc(C(=O)N3CCSc4ccccc43)cc2)N1. The Bertz CT molecular complexity index is 882. The number of benzene rings is 2. The van der Waals surface area contributed by atoms with Gasteiger partial charge in [0, 0.05) is 35.6 Å². The lowest BCUT2D eigenvalue weighted by atomic mass is 10.1. The number of rotatable bonds is 2. The van der Waals surface area contributed by atoms with Gasteiger partial charge in [-0.05, 0) is 36.4 Å². The molecule has 0 unspecified atom stereocenters. The molecule has 2 aromatic rings. The third-order valence-electron chi connectivity index (χ3n) is 4.40. The van der Waals surface area contributed by atoms with Crippen LogP contribution in [-0.2, 0) is 9.59 Å². The van der Waals surface area contributed by atoms with E-state index in [-0.39, 0.29) is 30.6 Å². The van der Waals surface area contributed by atoms with Crippen LogP contribution < -0.4 is 15.3 Å². The van der Waals surface area contributed by atoms with Crippen molar-refractivity contribution in [2.75, 3.05) is 22.2 Å². The van der Waals surface area contributed by atoms with Crippen molar-refractivity contribution < 1.29 is 14.4 Å². The monoisotopic (exact) mass is 367 g/mol. The molecular weight excluding hydrogens is 350 g/mol. The van der Waals surface area contributed by atoms with Crippen molar-refractivity contribution in [3.8, 4) is 0 Å². The zero-order valence-corrected chi connectivity index (χ0v) is 14.8. The van der Waals surface area contributed by atoms with E-state index in [1.165, 1.54) is 5.01 Å². The number of para-hydroxylation sites is 1. The third-order valence-corrected chi connectivity index (χ3v) is 5.44. The van der Waals surface area contributed by atoms with E-state index in [4.69, 9.17) is 0 Å². The summed E-state index contributed by atoms with van der Waals surface area (Å²) in [6, 6.07) is 14.6. The highest BCUT2D eigenvalue weighted by Gasteiger charge is 2.26. The summed E-state index contributed by atoms with van der Waals surface area (Å²) in [7, 11) is 0. The number of thioether (sulfide) groups is 1.